The molecular formula is C14H13ClN2O2S. The minimum absolute atomic E-state index is 0.306. The fourth-order valence-electron chi connectivity index (χ4n) is 1.53. The van der Waals surface area contributed by atoms with Crippen molar-refractivity contribution in [2.24, 2.45) is 0 Å². The number of nitrogens with two attached hydrogens (primary N) is 1. The number of halogens is 1. The maximum atomic E-state index is 11.4. The molecule has 6 heteroatoms. The third-order valence-corrected chi connectivity index (χ3v) is 3.91. The Morgan fingerprint density at radius 1 is 1.40 bits per heavy atom. The highest BCUT2D eigenvalue weighted by Gasteiger charge is 2.08. The number of pyridine rings is 1. The highest BCUT2D eigenvalue weighted by molar-refractivity contribution is 7.98. The molecule has 0 aliphatic rings. The Kier molecular flexibility index (Phi) is 4.87. The van der Waals surface area contributed by atoms with Crippen LogP contribution >= 0.6 is 23.4 Å². The highest BCUT2D eigenvalue weighted by atomic mass is 35.5. The number of hydrogen-bond donors (Lipinski definition) is 1. The van der Waals surface area contributed by atoms with Gasteiger partial charge in [-0.25, -0.2) is 9.78 Å². The predicted molar refractivity (Wildman–Crippen MR) is 81.0 cm³/mol. The summed E-state index contributed by atoms with van der Waals surface area (Å²) in [6, 6.07) is 10.7. The molecule has 1 heterocycles. The summed E-state index contributed by atoms with van der Waals surface area (Å²) in [5.41, 5.74) is 7.32. The average molecular weight is 309 g/mol. The number of benzene rings is 1. The second kappa shape index (κ2) is 6.63. The molecule has 0 atom stereocenters. The van der Waals surface area contributed by atoms with Gasteiger partial charge in [-0.2, -0.15) is 0 Å². The van der Waals surface area contributed by atoms with E-state index < -0.39 is 5.97 Å². The lowest BCUT2D eigenvalue weighted by atomic mass is 10.3. The van der Waals surface area contributed by atoms with E-state index in [-0.39, 0.29) is 0 Å². The van der Waals surface area contributed by atoms with Crippen molar-refractivity contribution in [1.82, 2.24) is 4.98 Å². The maximum Gasteiger partial charge on any atom is 0.356 e. The van der Waals surface area contributed by atoms with E-state index in [0.29, 0.717) is 22.2 Å². The van der Waals surface area contributed by atoms with Crippen LogP contribution in [0.4, 0.5) is 5.69 Å². The Morgan fingerprint density at radius 3 is 2.90 bits per heavy atom. The normalized spacial score (nSPS) is 10.3. The van der Waals surface area contributed by atoms with Crippen LogP contribution in [0.5, 0.6) is 0 Å². The summed E-state index contributed by atoms with van der Waals surface area (Å²) in [5.74, 6) is 0.192. The number of thioether (sulfide) groups is 1. The first kappa shape index (κ1) is 14.7. The van der Waals surface area contributed by atoms with Gasteiger partial charge < -0.3 is 10.5 Å². The lowest BCUT2D eigenvalue weighted by molar-refractivity contribution is 0.0594. The van der Waals surface area contributed by atoms with Crippen LogP contribution in [0.3, 0.4) is 0 Å². The summed E-state index contributed by atoms with van der Waals surface area (Å²) in [6.45, 7) is 0. The number of hydrogen-bond acceptors (Lipinski definition) is 5. The minimum Gasteiger partial charge on any atom is -0.464 e. The molecular weight excluding hydrogens is 296 g/mol. The Morgan fingerprint density at radius 2 is 2.20 bits per heavy atom. The molecule has 0 unspecified atom stereocenters. The molecule has 0 aliphatic heterocycles. The number of carbonyl (C=O) groups excluding carboxylic acids is 1. The molecule has 0 radical (unpaired) electrons. The Hall–Kier alpha value is -1.72. The van der Waals surface area contributed by atoms with E-state index in [0.717, 1.165) is 10.6 Å². The summed E-state index contributed by atoms with van der Waals surface area (Å²) < 4.78 is 4.64. The molecule has 4 nitrogen and oxygen atoms in total. The summed E-state index contributed by atoms with van der Waals surface area (Å²) in [5, 5.41) is 0.534. The van der Waals surface area contributed by atoms with E-state index in [1.165, 1.54) is 7.11 Å². The molecule has 0 saturated carbocycles. The Balaban J connectivity index is 2.07. The number of anilines is 1. The number of nitrogens with zero attached hydrogens (tertiary/aromatic N) is 1. The smallest absolute Gasteiger partial charge is 0.356 e. The first-order valence-corrected chi connectivity index (χ1v) is 7.18. The molecule has 2 aromatic rings. The van der Waals surface area contributed by atoms with Gasteiger partial charge in [0.2, 0.25) is 0 Å². The summed E-state index contributed by atoms with van der Waals surface area (Å²) >= 11 is 7.54. The lowest BCUT2D eigenvalue weighted by Crippen LogP contribution is -2.05. The number of aromatic nitrogens is 1. The van der Waals surface area contributed by atoms with E-state index in [1.807, 2.05) is 18.2 Å². The second-order valence-corrected chi connectivity index (χ2v) is 5.43. The third-order valence-electron chi connectivity index (χ3n) is 2.56. The van der Waals surface area contributed by atoms with Gasteiger partial charge in [0.1, 0.15) is 5.69 Å². The zero-order valence-corrected chi connectivity index (χ0v) is 12.4. The number of ether oxygens (including phenoxy) is 1. The number of methoxy groups -OCH3 is 1. The van der Waals surface area contributed by atoms with Crippen molar-refractivity contribution >= 4 is 35.0 Å². The van der Waals surface area contributed by atoms with E-state index >= 15 is 0 Å². The molecule has 0 amide bonds. The molecule has 104 valence electrons. The zero-order valence-electron chi connectivity index (χ0n) is 10.8. The van der Waals surface area contributed by atoms with Crippen molar-refractivity contribution in [1.29, 1.82) is 0 Å². The summed E-state index contributed by atoms with van der Waals surface area (Å²) in [4.78, 5) is 16.6. The van der Waals surface area contributed by atoms with Crippen molar-refractivity contribution in [3.63, 3.8) is 0 Å². The molecule has 1 aromatic carbocycles. The second-order valence-electron chi connectivity index (χ2n) is 3.98. The molecule has 20 heavy (non-hydrogen) atoms. The van der Waals surface area contributed by atoms with Crippen molar-refractivity contribution in [3.05, 3.63) is 52.8 Å². The molecule has 0 fully saturated rings. The minimum atomic E-state index is -0.438. The SMILES string of the molecule is COC(=O)c1cccc(CSc2ccc(N)c(Cl)c2)n1. The van der Waals surface area contributed by atoms with Crippen LogP contribution in [0.2, 0.25) is 5.02 Å². The number of nitrogen functional groups attached to an aromatic ring is 1. The maximum absolute atomic E-state index is 11.4. The monoisotopic (exact) mass is 308 g/mol. The van der Waals surface area contributed by atoms with Crippen LogP contribution in [0, 0.1) is 0 Å². The van der Waals surface area contributed by atoms with E-state index in [9.17, 15) is 4.79 Å². The molecule has 0 bridgehead atoms. The van der Waals surface area contributed by atoms with Crippen LogP contribution in [0.15, 0.2) is 41.3 Å². The van der Waals surface area contributed by atoms with Crippen molar-refractivity contribution in [2.45, 2.75) is 10.6 Å². The van der Waals surface area contributed by atoms with Crippen LogP contribution < -0.4 is 5.73 Å². The van der Waals surface area contributed by atoms with Crippen LogP contribution in [-0.4, -0.2) is 18.1 Å². The fourth-order valence-corrected chi connectivity index (χ4v) is 2.62. The van der Waals surface area contributed by atoms with E-state index in [1.54, 1.807) is 30.0 Å². The molecule has 1 aromatic heterocycles. The summed E-state index contributed by atoms with van der Waals surface area (Å²) in [7, 11) is 1.34. The van der Waals surface area contributed by atoms with Crippen molar-refractivity contribution in [2.75, 3.05) is 12.8 Å². The predicted octanol–water partition coefficient (Wildman–Crippen LogP) is 3.40. The van der Waals surface area contributed by atoms with Crippen LogP contribution in [-0.2, 0) is 10.5 Å². The van der Waals surface area contributed by atoms with Gasteiger partial charge in [0.05, 0.1) is 23.5 Å². The topological polar surface area (TPSA) is 65.2 Å². The highest BCUT2D eigenvalue weighted by Crippen LogP contribution is 2.28. The molecule has 2 N–H and O–H groups in total. The molecule has 0 aliphatic carbocycles. The Bertz CT molecular complexity index is 634. The third kappa shape index (κ3) is 3.65. The van der Waals surface area contributed by atoms with Gasteiger partial charge in [0.15, 0.2) is 0 Å². The standard InChI is InChI=1S/C14H13ClN2O2S/c1-19-14(18)13-4-2-3-9(17-13)8-20-10-5-6-12(16)11(15)7-10/h2-7H,8,16H2,1H3. The van der Waals surface area contributed by atoms with Gasteiger partial charge in [-0.05, 0) is 30.3 Å². The molecule has 2 rings (SSSR count). The quantitative estimate of drug-likeness (QED) is 0.533. The fraction of sp³-hybridized carbons (Fsp3) is 0.143. The Labute approximate surface area is 126 Å². The van der Waals surface area contributed by atoms with Gasteiger partial charge in [-0.3, -0.25) is 0 Å². The van der Waals surface area contributed by atoms with Gasteiger partial charge in [-0.1, -0.05) is 17.7 Å². The van der Waals surface area contributed by atoms with Crippen LogP contribution in [0.25, 0.3) is 0 Å². The van der Waals surface area contributed by atoms with E-state index in [2.05, 4.69) is 9.72 Å². The first-order chi connectivity index (χ1) is 9.60. The molecule has 0 saturated heterocycles. The number of rotatable bonds is 4. The zero-order chi connectivity index (χ0) is 14.5. The first-order valence-electron chi connectivity index (χ1n) is 5.82. The van der Waals surface area contributed by atoms with Gasteiger partial charge in [0, 0.05) is 10.6 Å². The van der Waals surface area contributed by atoms with Crippen molar-refractivity contribution in [3.8, 4) is 0 Å². The van der Waals surface area contributed by atoms with Gasteiger partial charge in [-0.15, -0.1) is 11.8 Å². The average Bonchev–Trinajstić information content (AvgIpc) is 2.48. The number of esters is 1. The summed E-state index contributed by atoms with van der Waals surface area (Å²) in [6.07, 6.45) is 0. The largest absolute Gasteiger partial charge is 0.464 e. The van der Waals surface area contributed by atoms with Crippen molar-refractivity contribution < 1.29 is 9.53 Å². The lowest BCUT2D eigenvalue weighted by Gasteiger charge is -2.05. The van der Waals surface area contributed by atoms with E-state index in [4.69, 9.17) is 17.3 Å². The van der Waals surface area contributed by atoms with Crippen LogP contribution in [0.1, 0.15) is 16.2 Å². The van der Waals surface area contributed by atoms with Gasteiger partial charge in [0.25, 0.3) is 0 Å². The number of carbonyl (C=O) groups is 1. The van der Waals surface area contributed by atoms with Gasteiger partial charge >= 0.3 is 5.97 Å². The molecule has 0 spiro atoms.